The molecule has 19 heavy (non-hydrogen) atoms. The van der Waals surface area contributed by atoms with Crippen molar-refractivity contribution in [2.45, 2.75) is 58.4 Å². The lowest BCUT2D eigenvalue weighted by molar-refractivity contribution is -0.150. The zero-order chi connectivity index (χ0) is 14.0. The third-order valence-corrected chi connectivity index (χ3v) is 4.74. The fourth-order valence-electron chi connectivity index (χ4n) is 3.42. The molecule has 0 aromatic heterocycles. The van der Waals surface area contributed by atoms with Crippen LogP contribution in [0, 0.1) is 11.8 Å². The van der Waals surface area contributed by atoms with E-state index in [-0.39, 0.29) is 18.4 Å². The molecule has 3 unspecified atom stereocenters. The second kappa shape index (κ2) is 5.51. The number of rotatable bonds is 3. The van der Waals surface area contributed by atoms with Crippen molar-refractivity contribution in [1.29, 1.82) is 0 Å². The van der Waals surface area contributed by atoms with Crippen LogP contribution in [0.2, 0.25) is 0 Å². The highest BCUT2D eigenvalue weighted by molar-refractivity contribution is 5.97. The number of carbonyl (C=O) groups is 2. The molecule has 2 rings (SSSR count). The zero-order valence-electron chi connectivity index (χ0n) is 12.4. The summed E-state index contributed by atoms with van der Waals surface area (Å²) in [6, 6.07) is 0. The highest BCUT2D eigenvalue weighted by Gasteiger charge is 2.42. The van der Waals surface area contributed by atoms with E-state index in [1.54, 1.807) is 4.90 Å². The van der Waals surface area contributed by atoms with Crippen LogP contribution in [0.25, 0.3) is 0 Å². The molecule has 1 saturated carbocycles. The van der Waals surface area contributed by atoms with Gasteiger partial charge in [-0.3, -0.25) is 9.59 Å². The fraction of sp³-hybridized carbons (Fsp3) is 0.867. The molecule has 4 heteroatoms. The molecule has 1 aliphatic heterocycles. The highest BCUT2D eigenvalue weighted by Crippen LogP contribution is 2.30. The smallest absolute Gasteiger partial charge is 0.248 e. The van der Waals surface area contributed by atoms with E-state index >= 15 is 0 Å². The van der Waals surface area contributed by atoms with E-state index in [0.29, 0.717) is 12.3 Å². The Bertz CT molecular complexity index is 369. The van der Waals surface area contributed by atoms with Crippen molar-refractivity contribution in [1.82, 2.24) is 10.2 Å². The van der Waals surface area contributed by atoms with E-state index in [2.05, 4.69) is 12.2 Å². The summed E-state index contributed by atoms with van der Waals surface area (Å²) in [5, 5.41) is 2.84. The molecule has 0 aromatic rings. The number of piperazine rings is 1. The molecule has 2 amide bonds. The molecule has 2 aliphatic rings. The molecular weight excluding hydrogens is 240 g/mol. The molecule has 108 valence electrons. The van der Waals surface area contributed by atoms with E-state index < -0.39 is 5.54 Å². The van der Waals surface area contributed by atoms with Crippen molar-refractivity contribution >= 4 is 11.8 Å². The minimum absolute atomic E-state index is 0.0205. The maximum absolute atomic E-state index is 12.5. The summed E-state index contributed by atoms with van der Waals surface area (Å²) in [6.07, 6.45) is 5.59. The van der Waals surface area contributed by atoms with Crippen LogP contribution in [0.1, 0.15) is 52.9 Å². The monoisotopic (exact) mass is 266 g/mol. The van der Waals surface area contributed by atoms with Crippen molar-refractivity contribution in [3.63, 3.8) is 0 Å². The molecule has 1 aliphatic carbocycles. The fourth-order valence-corrected chi connectivity index (χ4v) is 3.42. The number of hydrogen-bond donors (Lipinski definition) is 1. The van der Waals surface area contributed by atoms with Gasteiger partial charge in [0.1, 0.15) is 5.54 Å². The van der Waals surface area contributed by atoms with Crippen LogP contribution in [-0.4, -0.2) is 35.3 Å². The number of nitrogens with zero attached hydrogens (tertiary/aromatic N) is 1. The average molecular weight is 266 g/mol. The van der Waals surface area contributed by atoms with Crippen LogP contribution >= 0.6 is 0 Å². The lowest BCUT2D eigenvalue weighted by Crippen LogP contribution is -2.65. The van der Waals surface area contributed by atoms with E-state index in [9.17, 15) is 9.59 Å². The van der Waals surface area contributed by atoms with Crippen molar-refractivity contribution in [2.75, 3.05) is 13.1 Å². The second-order valence-corrected chi connectivity index (χ2v) is 6.56. The Balaban J connectivity index is 2.02. The van der Waals surface area contributed by atoms with Gasteiger partial charge >= 0.3 is 0 Å². The summed E-state index contributed by atoms with van der Waals surface area (Å²) in [5.74, 6) is 1.39. The molecule has 0 radical (unpaired) electrons. The second-order valence-electron chi connectivity index (χ2n) is 6.56. The molecule has 3 atom stereocenters. The molecule has 4 nitrogen and oxygen atoms in total. The molecule has 1 N–H and O–H groups in total. The Hall–Kier alpha value is -1.06. The van der Waals surface area contributed by atoms with Gasteiger partial charge in [0.05, 0.1) is 6.54 Å². The van der Waals surface area contributed by atoms with E-state index in [4.69, 9.17) is 0 Å². The third-order valence-electron chi connectivity index (χ3n) is 4.74. The van der Waals surface area contributed by atoms with Crippen LogP contribution in [0.3, 0.4) is 0 Å². The van der Waals surface area contributed by atoms with Crippen molar-refractivity contribution in [3.8, 4) is 0 Å². The Morgan fingerprint density at radius 3 is 2.74 bits per heavy atom. The molecule has 1 saturated heterocycles. The van der Waals surface area contributed by atoms with E-state index in [1.165, 1.54) is 25.7 Å². The summed E-state index contributed by atoms with van der Waals surface area (Å²) < 4.78 is 0. The van der Waals surface area contributed by atoms with E-state index in [0.717, 1.165) is 12.5 Å². The standard InChI is InChI=1S/C15H26N2O2/c1-4-15(3)14(19)17(10-13(18)16-15)9-12-7-5-6-11(2)8-12/h11-12H,4-10H2,1-3H3,(H,16,18). The van der Waals surface area contributed by atoms with Gasteiger partial charge in [-0.25, -0.2) is 0 Å². The predicted octanol–water partition coefficient (Wildman–Crippen LogP) is 1.94. The molecule has 2 fully saturated rings. The summed E-state index contributed by atoms with van der Waals surface area (Å²) in [6.45, 7) is 7.06. The van der Waals surface area contributed by atoms with Gasteiger partial charge in [-0.05, 0) is 38.0 Å². The molecular formula is C15H26N2O2. The highest BCUT2D eigenvalue weighted by atomic mass is 16.2. The summed E-state index contributed by atoms with van der Waals surface area (Å²) in [4.78, 5) is 26.1. The van der Waals surface area contributed by atoms with Crippen LogP contribution in [0.15, 0.2) is 0 Å². The predicted molar refractivity (Wildman–Crippen MR) is 74.5 cm³/mol. The van der Waals surface area contributed by atoms with Gasteiger partial charge in [0.2, 0.25) is 11.8 Å². The third kappa shape index (κ3) is 3.10. The molecule has 0 spiro atoms. The zero-order valence-corrected chi connectivity index (χ0v) is 12.4. The molecule has 0 aromatic carbocycles. The Morgan fingerprint density at radius 1 is 1.37 bits per heavy atom. The topological polar surface area (TPSA) is 49.4 Å². The lowest BCUT2D eigenvalue weighted by atomic mass is 9.81. The number of amides is 2. The van der Waals surface area contributed by atoms with Gasteiger partial charge in [0.25, 0.3) is 0 Å². The first-order valence-electron chi connectivity index (χ1n) is 7.55. The molecule has 0 bridgehead atoms. The maximum Gasteiger partial charge on any atom is 0.248 e. The van der Waals surface area contributed by atoms with Gasteiger partial charge in [-0.15, -0.1) is 0 Å². The van der Waals surface area contributed by atoms with Gasteiger partial charge in [0, 0.05) is 6.54 Å². The minimum Gasteiger partial charge on any atom is -0.340 e. The first-order chi connectivity index (χ1) is 8.94. The first kappa shape index (κ1) is 14.4. The molecule has 1 heterocycles. The minimum atomic E-state index is -0.699. The average Bonchev–Trinajstić information content (AvgIpc) is 2.35. The van der Waals surface area contributed by atoms with E-state index in [1.807, 2.05) is 13.8 Å². The van der Waals surface area contributed by atoms with Gasteiger partial charge < -0.3 is 10.2 Å². The SMILES string of the molecule is CCC1(C)NC(=O)CN(CC2CCCC(C)C2)C1=O. The number of carbonyl (C=O) groups excluding carboxylic acids is 2. The van der Waals surface area contributed by atoms with Crippen LogP contribution in [-0.2, 0) is 9.59 Å². The Kier molecular flexibility index (Phi) is 4.16. The first-order valence-corrected chi connectivity index (χ1v) is 7.55. The maximum atomic E-state index is 12.5. The lowest BCUT2D eigenvalue weighted by Gasteiger charge is -2.41. The van der Waals surface area contributed by atoms with Crippen LogP contribution in [0.4, 0.5) is 0 Å². The Morgan fingerprint density at radius 2 is 2.11 bits per heavy atom. The van der Waals surface area contributed by atoms with Gasteiger partial charge in [-0.2, -0.15) is 0 Å². The van der Waals surface area contributed by atoms with Crippen molar-refractivity contribution < 1.29 is 9.59 Å². The summed E-state index contributed by atoms with van der Waals surface area (Å²) in [5.41, 5.74) is -0.699. The van der Waals surface area contributed by atoms with Crippen LogP contribution < -0.4 is 5.32 Å². The van der Waals surface area contributed by atoms with Gasteiger partial charge in [-0.1, -0.05) is 26.7 Å². The normalized spacial score (nSPS) is 36.3. The van der Waals surface area contributed by atoms with Crippen LogP contribution in [0.5, 0.6) is 0 Å². The number of hydrogen-bond acceptors (Lipinski definition) is 2. The van der Waals surface area contributed by atoms with Crippen molar-refractivity contribution in [2.24, 2.45) is 11.8 Å². The summed E-state index contributed by atoms with van der Waals surface area (Å²) >= 11 is 0. The largest absolute Gasteiger partial charge is 0.340 e. The quantitative estimate of drug-likeness (QED) is 0.848. The number of nitrogens with one attached hydrogen (secondary N) is 1. The Labute approximate surface area is 115 Å². The van der Waals surface area contributed by atoms with Gasteiger partial charge in [0.15, 0.2) is 0 Å². The van der Waals surface area contributed by atoms with Crippen molar-refractivity contribution in [3.05, 3.63) is 0 Å². The summed E-state index contributed by atoms with van der Waals surface area (Å²) in [7, 11) is 0.